The van der Waals surface area contributed by atoms with E-state index in [1.54, 1.807) is 39.0 Å². The molecule has 0 aliphatic rings. The number of ketones is 2. The quantitative estimate of drug-likeness (QED) is 0.398. The van der Waals surface area contributed by atoms with Crippen molar-refractivity contribution in [2.24, 2.45) is 0 Å². The minimum atomic E-state index is -0.431. The number of nitrogens with one attached hydrogen (secondary N) is 1. The van der Waals surface area contributed by atoms with Crippen molar-refractivity contribution in [1.29, 1.82) is 0 Å². The van der Waals surface area contributed by atoms with Crippen molar-refractivity contribution in [3.05, 3.63) is 52.1 Å². The number of thioether (sulfide) groups is 1. The molecule has 0 saturated heterocycles. The van der Waals surface area contributed by atoms with Crippen molar-refractivity contribution in [3.8, 4) is 0 Å². The predicted octanol–water partition coefficient (Wildman–Crippen LogP) is 2.83. The SMILES string of the molecule is CC(=O)c1c(C)[nH]c(C(=O)[C@@H](C)Sc2cccc[n+]2[O-])c1C. The average molecular weight is 318 g/mol. The Morgan fingerprint density at radius 1 is 1.32 bits per heavy atom. The maximum absolute atomic E-state index is 12.6. The van der Waals surface area contributed by atoms with Crippen LogP contribution in [0.4, 0.5) is 0 Å². The molecule has 116 valence electrons. The van der Waals surface area contributed by atoms with Crippen LogP contribution in [0.1, 0.15) is 46.0 Å². The highest BCUT2D eigenvalue weighted by Gasteiger charge is 2.25. The van der Waals surface area contributed by atoms with E-state index < -0.39 is 5.25 Å². The van der Waals surface area contributed by atoms with Crippen LogP contribution in [-0.4, -0.2) is 21.8 Å². The lowest BCUT2D eigenvalue weighted by Crippen LogP contribution is -2.29. The Bertz CT molecular complexity index is 737. The van der Waals surface area contributed by atoms with E-state index in [4.69, 9.17) is 0 Å². The molecule has 0 aliphatic carbocycles. The summed E-state index contributed by atoms with van der Waals surface area (Å²) < 4.78 is 0.738. The molecule has 0 saturated carbocycles. The third kappa shape index (κ3) is 3.06. The molecule has 0 aromatic carbocycles. The molecule has 0 amide bonds. The van der Waals surface area contributed by atoms with E-state index in [9.17, 15) is 14.8 Å². The summed E-state index contributed by atoms with van der Waals surface area (Å²) in [5.74, 6) is -0.187. The maximum Gasteiger partial charge on any atom is 0.252 e. The van der Waals surface area contributed by atoms with Crippen molar-refractivity contribution in [1.82, 2.24) is 4.98 Å². The van der Waals surface area contributed by atoms with Crippen LogP contribution in [0.15, 0.2) is 29.4 Å². The van der Waals surface area contributed by atoms with Gasteiger partial charge < -0.3 is 10.2 Å². The Morgan fingerprint density at radius 3 is 2.55 bits per heavy atom. The highest BCUT2D eigenvalue weighted by molar-refractivity contribution is 8.00. The number of carbonyl (C=O) groups excluding carboxylic acids is 2. The van der Waals surface area contributed by atoms with E-state index in [0.29, 0.717) is 27.5 Å². The molecule has 0 radical (unpaired) electrons. The van der Waals surface area contributed by atoms with Crippen LogP contribution in [0.2, 0.25) is 0 Å². The molecule has 2 aromatic rings. The smallest absolute Gasteiger partial charge is 0.252 e. The number of Topliss-reactive ketones (excluding diaryl/α,β-unsaturated/α-hetero) is 2. The molecule has 2 aromatic heterocycles. The van der Waals surface area contributed by atoms with Gasteiger partial charge in [-0.2, -0.15) is 4.73 Å². The van der Waals surface area contributed by atoms with Gasteiger partial charge in [0, 0.05) is 23.4 Å². The minimum absolute atomic E-state index is 0.0638. The van der Waals surface area contributed by atoms with E-state index in [1.807, 2.05) is 0 Å². The maximum atomic E-state index is 12.6. The fraction of sp³-hybridized carbons (Fsp3) is 0.312. The Labute approximate surface area is 133 Å². The van der Waals surface area contributed by atoms with Crippen LogP contribution in [-0.2, 0) is 0 Å². The lowest BCUT2D eigenvalue weighted by Gasteiger charge is -2.09. The first kappa shape index (κ1) is 16.3. The number of H-pyrrole nitrogens is 1. The van der Waals surface area contributed by atoms with Gasteiger partial charge in [-0.3, -0.25) is 9.59 Å². The molecule has 0 bridgehead atoms. The molecule has 0 aliphatic heterocycles. The molecule has 2 rings (SSSR count). The number of hydrogen-bond donors (Lipinski definition) is 1. The summed E-state index contributed by atoms with van der Waals surface area (Å²) in [4.78, 5) is 27.2. The largest absolute Gasteiger partial charge is 0.618 e. The van der Waals surface area contributed by atoms with Gasteiger partial charge in [-0.25, -0.2) is 0 Å². The standard InChI is InChI=1S/C16H18N2O3S/c1-9-14(11(3)19)10(2)17-15(9)16(20)12(4)22-13-7-5-6-8-18(13)21/h5-8,12,17H,1-4H3/t12-/m1/s1. The van der Waals surface area contributed by atoms with Crippen LogP contribution >= 0.6 is 11.8 Å². The first-order chi connectivity index (χ1) is 10.3. The lowest BCUT2D eigenvalue weighted by atomic mass is 10.0. The molecule has 6 heteroatoms. The van der Waals surface area contributed by atoms with Crippen LogP contribution in [0.25, 0.3) is 0 Å². The number of rotatable bonds is 5. The Kier molecular flexibility index (Phi) is 4.71. The van der Waals surface area contributed by atoms with Crippen molar-refractivity contribution >= 4 is 23.3 Å². The number of aromatic nitrogens is 2. The van der Waals surface area contributed by atoms with Crippen molar-refractivity contribution < 1.29 is 14.3 Å². The summed E-state index contributed by atoms with van der Waals surface area (Å²) in [6.07, 6.45) is 1.40. The summed E-state index contributed by atoms with van der Waals surface area (Å²) in [5.41, 5.74) is 2.38. The Morgan fingerprint density at radius 2 is 2.00 bits per heavy atom. The molecule has 2 heterocycles. The normalized spacial score (nSPS) is 12.2. The molecule has 5 nitrogen and oxygen atoms in total. The zero-order valence-electron chi connectivity index (χ0n) is 13.0. The fourth-order valence-electron chi connectivity index (χ4n) is 2.47. The molecule has 1 atom stereocenters. The second-order valence-electron chi connectivity index (χ2n) is 5.17. The first-order valence-corrected chi connectivity index (χ1v) is 7.80. The van der Waals surface area contributed by atoms with Gasteiger partial charge in [0.25, 0.3) is 5.03 Å². The Balaban J connectivity index is 2.27. The van der Waals surface area contributed by atoms with Crippen molar-refractivity contribution in [2.45, 2.75) is 38.0 Å². The predicted molar refractivity (Wildman–Crippen MR) is 85.3 cm³/mol. The first-order valence-electron chi connectivity index (χ1n) is 6.92. The van der Waals surface area contributed by atoms with Gasteiger partial charge in [-0.05, 0) is 51.1 Å². The second kappa shape index (κ2) is 6.36. The van der Waals surface area contributed by atoms with E-state index >= 15 is 0 Å². The summed E-state index contributed by atoms with van der Waals surface area (Å²) in [5, 5.41) is 11.7. The van der Waals surface area contributed by atoms with Gasteiger partial charge in [0.2, 0.25) is 0 Å². The van der Waals surface area contributed by atoms with Gasteiger partial charge >= 0.3 is 0 Å². The lowest BCUT2D eigenvalue weighted by molar-refractivity contribution is -0.645. The fourth-order valence-corrected chi connectivity index (χ4v) is 3.38. The minimum Gasteiger partial charge on any atom is -0.618 e. The summed E-state index contributed by atoms with van der Waals surface area (Å²) in [6.45, 7) is 6.78. The zero-order chi connectivity index (χ0) is 16.4. The van der Waals surface area contributed by atoms with Gasteiger partial charge in [-0.1, -0.05) is 0 Å². The average Bonchev–Trinajstić information content (AvgIpc) is 2.75. The van der Waals surface area contributed by atoms with Crippen molar-refractivity contribution in [3.63, 3.8) is 0 Å². The molecule has 0 unspecified atom stereocenters. The van der Waals surface area contributed by atoms with Crippen LogP contribution in [0.3, 0.4) is 0 Å². The molecular formula is C16H18N2O3S. The topological polar surface area (TPSA) is 76.9 Å². The molecule has 0 fully saturated rings. The van der Waals surface area contributed by atoms with Crippen LogP contribution in [0.5, 0.6) is 0 Å². The van der Waals surface area contributed by atoms with E-state index in [-0.39, 0.29) is 11.6 Å². The number of hydrogen-bond acceptors (Lipinski definition) is 4. The highest BCUT2D eigenvalue weighted by Crippen LogP contribution is 2.26. The van der Waals surface area contributed by atoms with E-state index in [1.165, 1.54) is 24.9 Å². The second-order valence-corrected chi connectivity index (χ2v) is 6.53. The summed E-state index contributed by atoms with van der Waals surface area (Å²) in [7, 11) is 0. The van der Waals surface area contributed by atoms with E-state index in [0.717, 1.165) is 4.73 Å². The summed E-state index contributed by atoms with van der Waals surface area (Å²) in [6, 6.07) is 5.07. The van der Waals surface area contributed by atoms with Gasteiger partial charge in [0.05, 0.1) is 10.9 Å². The van der Waals surface area contributed by atoms with Crippen LogP contribution < -0.4 is 4.73 Å². The van der Waals surface area contributed by atoms with Gasteiger partial charge in [0.15, 0.2) is 17.8 Å². The number of carbonyl (C=O) groups is 2. The van der Waals surface area contributed by atoms with E-state index in [2.05, 4.69) is 4.98 Å². The number of aryl methyl sites for hydroxylation is 1. The summed E-state index contributed by atoms with van der Waals surface area (Å²) >= 11 is 1.20. The Hall–Kier alpha value is -2.08. The molecular weight excluding hydrogens is 300 g/mol. The number of nitrogens with zero attached hydrogens (tertiary/aromatic N) is 1. The van der Waals surface area contributed by atoms with Crippen LogP contribution in [0, 0.1) is 19.1 Å². The highest BCUT2D eigenvalue weighted by atomic mass is 32.2. The molecule has 0 spiro atoms. The number of pyridine rings is 1. The van der Waals surface area contributed by atoms with Crippen molar-refractivity contribution in [2.75, 3.05) is 0 Å². The zero-order valence-corrected chi connectivity index (χ0v) is 13.8. The monoisotopic (exact) mass is 318 g/mol. The van der Waals surface area contributed by atoms with Gasteiger partial charge in [-0.15, -0.1) is 0 Å². The molecule has 22 heavy (non-hydrogen) atoms. The van der Waals surface area contributed by atoms with Gasteiger partial charge in [0.1, 0.15) is 0 Å². The third-order valence-electron chi connectivity index (χ3n) is 3.49. The number of aromatic amines is 1. The third-order valence-corrected chi connectivity index (χ3v) is 4.62. The molecule has 1 N–H and O–H groups in total.